The van der Waals surface area contributed by atoms with E-state index in [0.717, 1.165) is 16.8 Å². The molecule has 0 atom stereocenters. The molecule has 0 aromatic carbocycles. The van der Waals surface area contributed by atoms with Crippen LogP contribution in [0.2, 0.25) is 0 Å². The van der Waals surface area contributed by atoms with E-state index in [-0.39, 0.29) is 0 Å². The molecular formula is C13H17N5OS. The summed E-state index contributed by atoms with van der Waals surface area (Å²) in [5.41, 5.74) is 8.33. The van der Waals surface area contributed by atoms with Crippen LogP contribution in [0.4, 0.5) is 11.5 Å². The fourth-order valence-corrected chi connectivity index (χ4v) is 2.09. The molecule has 0 saturated carbocycles. The predicted octanol–water partition coefficient (Wildman–Crippen LogP) is 1.61. The maximum Gasteiger partial charge on any atom is 0.140 e. The van der Waals surface area contributed by atoms with E-state index in [2.05, 4.69) is 15.4 Å². The second kappa shape index (κ2) is 6.44. The fraction of sp³-hybridized carbons (Fsp3) is 0.308. The third-order valence-electron chi connectivity index (χ3n) is 2.83. The molecule has 6 nitrogen and oxygen atoms in total. The van der Waals surface area contributed by atoms with Crippen molar-refractivity contribution in [3.8, 4) is 0 Å². The van der Waals surface area contributed by atoms with Gasteiger partial charge in [-0.1, -0.05) is 12.2 Å². The second-order valence-corrected chi connectivity index (χ2v) is 4.77. The second-order valence-electron chi connectivity index (χ2n) is 4.33. The lowest BCUT2D eigenvalue weighted by molar-refractivity contribution is 0.183. The van der Waals surface area contributed by atoms with Crippen molar-refractivity contribution in [2.24, 2.45) is 5.73 Å². The van der Waals surface area contributed by atoms with Crippen LogP contribution in [-0.2, 0) is 11.3 Å². The van der Waals surface area contributed by atoms with Crippen molar-refractivity contribution < 1.29 is 4.74 Å². The fourth-order valence-electron chi connectivity index (χ4n) is 1.84. The molecule has 20 heavy (non-hydrogen) atoms. The van der Waals surface area contributed by atoms with Gasteiger partial charge in [-0.05, 0) is 18.6 Å². The normalized spacial score (nSPS) is 10.5. The summed E-state index contributed by atoms with van der Waals surface area (Å²) in [5, 5.41) is 7.42. The summed E-state index contributed by atoms with van der Waals surface area (Å²) in [4.78, 5) is 4.61. The number of thiocarbonyl (C=S) groups is 1. The van der Waals surface area contributed by atoms with Gasteiger partial charge < -0.3 is 15.8 Å². The van der Waals surface area contributed by atoms with E-state index in [4.69, 9.17) is 22.7 Å². The van der Waals surface area contributed by atoms with Crippen LogP contribution >= 0.6 is 12.2 Å². The molecule has 0 unspecified atom stereocenters. The number of hydrogen-bond donors (Lipinski definition) is 2. The molecule has 3 N–H and O–H groups in total. The van der Waals surface area contributed by atoms with Gasteiger partial charge in [-0.25, -0.2) is 4.98 Å². The summed E-state index contributed by atoms with van der Waals surface area (Å²) in [6, 6.07) is 1.88. The molecule has 2 aromatic heterocycles. The third kappa shape index (κ3) is 3.31. The highest BCUT2D eigenvalue weighted by molar-refractivity contribution is 7.80. The first kappa shape index (κ1) is 14.4. The summed E-state index contributed by atoms with van der Waals surface area (Å²) < 4.78 is 6.81. The maximum absolute atomic E-state index is 5.75. The number of rotatable bonds is 6. The highest BCUT2D eigenvalue weighted by Crippen LogP contribution is 2.20. The molecule has 0 aliphatic heterocycles. The minimum Gasteiger partial charge on any atom is -0.389 e. The van der Waals surface area contributed by atoms with E-state index in [1.165, 1.54) is 0 Å². The summed E-state index contributed by atoms with van der Waals surface area (Å²) in [5.74, 6) is 0.642. The first-order chi connectivity index (χ1) is 9.61. The van der Waals surface area contributed by atoms with Crippen LogP contribution in [0.3, 0.4) is 0 Å². The number of nitrogens with one attached hydrogen (secondary N) is 1. The zero-order valence-corrected chi connectivity index (χ0v) is 12.3. The van der Waals surface area contributed by atoms with Gasteiger partial charge >= 0.3 is 0 Å². The molecule has 0 radical (unpaired) electrons. The molecule has 0 aliphatic rings. The van der Waals surface area contributed by atoms with Crippen molar-refractivity contribution in [2.45, 2.75) is 13.5 Å². The number of ether oxygens (including phenoxy) is 1. The highest BCUT2D eigenvalue weighted by atomic mass is 32.1. The van der Waals surface area contributed by atoms with Gasteiger partial charge in [0.05, 0.1) is 30.6 Å². The zero-order chi connectivity index (χ0) is 14.5. The molecule has 0 saturated heterocycles. The van der Waals surface area contributed by atoms with E-state index in [1.54, 1.807) is 24.2 Å². The summed E-state index contributed by atoms with van der Waals surface area (Å²) in [7, 11) is 1.66. The van der Waals surface area contributed by atoms with Crippen LogP contribution in [-0.4, -0.2) is 33.5 Å². The van der Waals surface area contributed by atoms with Gasteiger partial charge in [0.1, 0.15) is 10.8 Å². The Morgan fingerprint density at radius 3 is 3.05 bits per heavy atom. The average Bonchev–Trinajstić information content (AvgIpc) is 2.83. The zero-order valence-electron chi connectivity index (χ0n) is 11.5. The Hall–Kier alpha value is -1.99. The largest absolute Gasteiger partial charge is 0.389 e. The van der Waals surface area contributed by atoms with Gasteiger partial charge in [0.25, 0.3) is 0 Å². The molecule has 2 aromatic rings. The van der Waals surface area contributed by atoms with Crippen LogP contribution < -0.4 is 11.1 Å². The summed E-state index contributed by atoms with van der Waals surface area (Å²) in [6.07, 6.45) is 5.32. The van der Waals surface area contributed by atoms with Crippen molar-refractivity contribution in [1.29, 1.82) is 0 Å². The van der Waals surface area contributed by atoms with E-state index in [9.17, 15) is 0 Å². The summed E-state index contributed by atoms with van der Waals surface area (Å²) in [6.45, 7) is 3.26. The minimum atomic E-state index is 0.324. The van der Waals surface area contributed by atoms with Crippen LogP contribution in [0.15, 0.2) is 24.7 Å². The number of aromatic nitrogens is 3. The van der Waals surface area contributed by atoms with E-state index in [1.807, 2.05) is 19.2 Å². The van der Waals surface area contributed by atoms with Crippen LogP contribution in [0, 0.1) is 6.92 Å². The number of anilines is 2. The van der Waals surface area contributed by atoms with Crippen molar-refractivity contribution >= 4 is 28.7 Å². The number of aryl methyl sites for hydroxylation is 1. The monoisotopic (exact) mass is 291 g/mol. The maximum atomic E-state index is 5.75. The van der Waals surface area contributed by atoms with Crippen molar-refractivity contribution in [1.82, 2.24) is 14.8 Å². The third-order valence-corrected chi connectivity index (χ3v) is 3.03. The molecular weight excluding hydrogens is 274 g/mol. The Balaban J connectivity index is 2.20. The van der Waals surface area contributed by atoms with Crippen molar-refractivity contribution in [2.75, 3.05) is 19.0 Å². The smallest absolute Gasteiger partial charge is 0.140 e. The number of methoxy groups -OCH3 is 1. The number of pyridine rings is 1. The van der Waals surface area contributed by atoms with Gasteiger partial charge in [-0.15, -0.1) is 0 Å². The SMILES string of the molecule is COCCn1cc(Nc2nccc(C)c2C(N)=S)cn1. The standard InChI is InChI=1S/C13H17N5OS/c1-9-3-4-15-13(11(9)12(14)20)17-10-7-16-18(8-10)5-6-19-2/h3-4,7-8H,5-6H2,1-2H3,(H2,14,20)(H,15,17). The van der Waals surface area contributed by atoms with Crippen LogP contribution in [0.5, 0.6) is 0 Å². The molecule has 0 fully saturated rings. The lowest BCUT2D eigenvalue weighted by Gasteiger charge is -2.10. The van der Waals surface area contributed by atoms with Crippen LogP contribution in [0.1, 0.15) is 11.1 Å². The predicted molar refractivity (Wildman–Crippen MR) is 82.2 cm³/mol. The molecule has 2 rings (SSSR count). The first-order valence-electron chi connectivity index (χ1n) is 6.15. The quantitative estimate of drug-likeness (QED) is 0.787. The number of nitrogens with two attached hydrogens (primary N) is 1. The molecule has 7 heteroatoms. The highest BCUT2D eigenvalue weighted by Gasteiger charge is 2.10. The molecule has 0 bridgehead atoms. The summed E-state index contributed by atoms with van der Waals surface area (Å²) >= 11 is 5.08. The first-order valence-corrected chi connectivity index (χ1v) is 6.56. The Morgan fingerprint density at radius 2 is 2.35 bits per heavy atom. The molecule has 106 valence electrons. The molecule has 0 aliphatic carbocycles. The minimum absolute atomic E-state index is 0.324. The van der Waals surface area contributed by atoms with E-state index >= 15 is 0 Å². The Labute approximate surface area is 123 Å². The molecule has 2 heterocycles. The van der Waals surface area contributed by atoms with Gasteiger partial charge in [0.15, 0.2) is 0 Å². The topological polar surface area (TPSA) is 78.0 Å². The van der Waals surface area contributed by atoms with Gasteiger partial charge in [-0.3, -0.25) is 4.68 Å². The van der Waals surface area contributed by atoms with Crippen molar-refractivity contribution in [3.63, 3.8) is 0 Å². The van der Waals surface area contributed by atoms with Gasteiger partial charge in [0, 0.05) is 19.5 Å². The average molecular weight is 291 g/mol. The Kier molecular flexibility index (Phi) is 4.65. The van der Waals surface area contributed by atoms with Gasteiger partial charge in [-0.2, -0.15) is 5.10 Å². The van der Waals surface area contributed by atoms with Crippen LogP contribution in [0.25, 0.3) is 0 Å². The number of hydrogen-bond acceptors (Lipinski definition) is 5. The Bertz CT molecular complexity index is 611. The van der Waals surface area contributed by atoms with Crippen molar-refractivity contribution in [3.05, 3.63) is 35.8 Å². The van der Waals surface area contributed by atoms with Gasteiger partial charge in [0.2, 0.25) is 0 Å². The Morgan fingerprint density at radius 1 is 1.55 bits per heavy atom. The van der Waals surface area contributed by atoms with E-state index < -0.39 is 0 Å². The molecule has 0 spiro atoms. The number of nitrogens with zero attached hydrogens (tertiary/aromatic N) is 3. The lowest BCUT2D eigenvalue weighted by Crippen LogP contribution is -2.14. The van der Waals surface area contributed by atoms with E-state index in [0.29, 0.717) is 24.0 Å². The lowest BCUT2D eigenvalue weighted by atomic mass is 10.1. The molecule has 0 amide bonds.